The average Bonchev–Trinajstić information content (AvgIpc) is 1.81. The van der Waals surface area contributed by atoms with E-state index < -0.39 is 0 Å². The van der Waals surface area contributed by atoms with E-state index in [0.29, 0.717) is 15.6 Å². The number of halogens is 1. The highest BCUT2D eigenvalue weighted by atomic mass is 127. The fourth-order valence-corrected chi connectivity index (χ4v) is 2.15. The van der Waals surface area contributed by atoms with Gasteiger partial charge in [-0.25, -0.2) is 0 Å². The van der Waals surface area contributed by atoms with Crippen LogP contribution in [-0.4, -0.2) is 3.79 Å². The summed E-state index contributed by atoms with van der Waals surface area (Å²) in [4.78, 5) is 10.8. The van der Waals surface area contributed by atoms with E-state index in [-0.39, 0.29) is 0 Å². The standard InChI is InChI=1S/C7H11IO/c1-4-3-6(5(4)2)7(8)9/h4-6H,3H2,1-2H3. The molecule has 0 radical (unpaired) electrons. The third-order valence-electron chi connectivity index (χ3n) is 2.45. The van der Waals surface area contributed by atoms with Gasteiger partial charge in [0.2, 0.25) is 0 Å². The van der Waals surface area contributed by atoms with Crippen LogP contribution < -0.4 is 0 Å². The first-order valence-electron chi connectivity index (χ1n) is 3.32. The predicted octanol–water partition coefficient (Wildman–Crippen LogP) is 2.24. The van der Waals surface area contributed by atoms with E-state index in [9.17, 15) is 4.79 Å². The van der Waals surface area contributed by atoms with Crippen LogP contribution in [0.25, 0.3) is 0 Å². The number of rotatable bonds is 1. The SMILES string of the molecule is CC1CC(C(=O)I)C1C. The highest BCUT2D eigenvalue weighted by Crippen LogP contribution is 2.41. The van der Waals surface area contributed by atoms with Crippen LogP contribution in [0.5, 0.6) is 0 Å². The second-order valence-electron chi connectivity index (χ2n) is 2.98. The summed E-state index contributed by atoms with van der Waals surface area (Å²) < 4.78 is 0.346. The van der Waals surface area contributed by atoms with Gasteiger partial charge in [-0.2, -0.15) is 0 Å². The zero-order valence-electron chi connectivity index (χ0n) is 5.73. The normalized spacial score (nSPS) is 41.9. The van der Waals surface area contributed by atoms with E-state index in [1.165, 1.54) is 0 Å². The molecule has 1 saturated carbocycles. The maximum Gasteiger partial charge on any atom is 0.195 e. The lowest BCUT2D eigenvalue weighted by Crippen LogP contribution is -2.35. The number of hydrogen-bond donors (Lipinski definition) is 0. The van der Waals surface area contributed by atoms with Gasteiger partial charge in [0.1, 0.15) is 0 Å². The molecule has 1 aliphatic rings. The zero-order valence-corrected chi connectivity index (χ0v) is 7.88. The molecule has 52 valence electrons. The lowest BCUT2D eigenvalue weighted by molar-refractivity contribution is -0.119. The van der Waals surface area contributed by atoms with Crippen LogP contribution in [0.2, 0.25) is 0 Å². The molecule has 0 aromatic rings. The second-order valence-corrected chi connectivity index (χ2v) is 4.05. The molecule has 0 saturated heterocycles. The van der Waals surface area contributed by atoms with Gasteiger partial charge < -0.3 is 0 Å². The molecule has 0 heterocycles. The Hall–Kier alpha value is 0.400. The van der Waals surface area contributed by atoms with E-state index in [1.807, 2.05) is 22.6 Å². The van der Waals surface area contributed by atoms with E-state index in [4.69, 9.17) is 0 Å². The minimum Gasteiger partial charge on any atom is -0.287 e. The van der Waals surface area contributed by atoms with Crippen molar-refractivity contribution in [1.29, 1.82) is 0 Å². The summed E-state index contributed by atoms with van der Waals surface area (Å²) in [6, 6.07) is 0. The maximum atomic E-state index is 10.8. The van der Waals surface area contributed by atoms with Crippen LogP contribution in [0.1, 0.15) is 20.3 Å². The van der Waals surface area contributed by atoms with Gasteiger partial charge in [0.15, 0.2) is 3.79 Å². The third kappa shape index (κ3) is 1.28. The van der Waals surface area contributed by atoms with Crippen LogP contribution in [0.3, 0.4) is 0 Å². The quantitative estimate of drug-likeness (QED) is 0.505. The number of carbonyl (C=O) groups excluding carboxylic acids is 1. The van der Waals surface area contributed by atoms with Crippen LogP contribution in [0.4, 0.5) is 0 Å². The minimum atomic E-state index is 0.346. The summed E-state index contributed by atoms with van der Waals surface area (Å²) in [6.45, 7) is 4.37. The monoisotopic (exact) mass is 238 g/mol. The van der Waals surface area contributed by atoms with Crippen molar-refractivity contribution in [2.75, 3.05) is 0 Å². The van der Waals surface area contributed by atoms with Crippen molar-refractivity contribution in [2.24, 2.45) is 17.8 Å². The van der Waals surface area contributed by atoms with Gasteiger partial charge in [0.25, 0.3) is 0 Å². The largest absolute Gasteiger partial charge is 0.287 e. The highest BCUT2D eigenvalue weighted by molar-refractivity contribution is 14.1. The van der Waals surface area contributed by atoms with Crippen molar-refractivity contribution in [3.05, 3.63) is 0 Å². The van der Waals surface area contributed by atoms with Crippen LogP contribution >= 0.6 is 22.6 Å². The lowest BCUT2D eigenvalue weighted by atomic mass is 9.67. The van der Waals surface area contributed by atoms with Crippen molar-refractivity contribution >= 4 is 26.4 Å². The Labute approximate surface area is 69.3 Å². The Morgan fingerprint density at radius 1 is 1.56 bits per heavy atom. The molecule has 0 bridgehead atoms. The summed E-state index contributed by atoms with van der Waals surface area (Å²) in [5, 5.41) is 0. The zero-order chi connectivity index (χ0) is 7.02. The molecular formula is C7H11IO. The van der Waals surface area contributed by atoms with Crippen molar-refractivity contribution in [1.82, 2.24) is 0 Å². The highest BCUT2D eigenvalue weighted by Gasteiger charge is 2.37. The van der Waals surface area contributed by atoms with Crippen molar-refractivity contribution in [3.8, 4) is 0 Å². The van der Waals surface area contributed by atoms with Crippen molar-refractivity contribution < 1.29 is 4.79 Å². The molecular weight excluding hydrogens is 227 g/mol. The van der Waals surface area contributed by atoms with Gasteiger partial charge >= 0.3 is 0 Å². The molecule has 0 aliphatic heterocycles. The van der Waals surface area contributed by atoms with Gasteiger partial charge in [-0.3, -0.25) is 4.79 Å². The van der Waals surface area contributed by atoms with Gasteiger partial charge in [0.05, 0.1) is 0 Å². The smallest absolute Gasteiger partial charge is 0.195 e. The van der Waals surface area contributed by atoms with Gasteiger partial charge in [0, 0.05) is 5.92 Å². The summed E-state index contributed by atoms with van der Waals surface area (Å²) in [5.41, 5.74) is 0. The third-order valence-corrected chi connectivity index (χ3v) is 3.25. The molecule has 0 aromatic heterocycles. The first kappa shape index (κ1) is 7.51. The van der Waals surface area contributed by atoms with Gasteiger partial charge in [-0.05, 0) is 40.8 Å². The molecule has 1 rings (SSSR count). The fourth-order valence-electron chi connectivity index (χ4n) is 1.33. The maximum absolute atomic E-state index is 10.8. The number of hydrogen-bond acceptors (Lipinski definition) is 1. The molecule has 3 atom stereocenters. The van der Waals surface area contributed by atoms with E-state index in [0.717, 1.165) is 12.3 Å². The molecule has 1 aliphatic carbocycles. The molecule has 0 amide bonds. The van der Waals surface area contributed by atoms with E-state index >= 15 is 0 Å². The molecule has 0 N–H and O–H groups in total. The second kappa shape index (κ2) is 2.56. The van der Waals surface area contributed by atoms with Crippen LogP contribution in [-0.2, 0) is 4.79 Å². The van der Waals surface area contributed by atoms with Gasteiger partial charge in [-0.1, -0.05) is 13.8 Å². The molecule has 1 fully saturated rings. The summed E-state index contributed by atoms with van der Waals surface area (Å²) >= 11 is 1.91. The molecule has 2 heteroatoms. The fraction of sp³-hybridized carbons (Fsp3) is 0.857. The summed E-state index contributed by atoms with van der Waals surface area (Å²) in [5.74, 6) is 1.78. The molecule has 0 spiro atoms. The predicted molar refractivity (Wildman–Crippen MR) is 45.5 cm³/mol. The van der Waals surface area contributed by atoms with Crippen LogP contribution in [0, 0.1) is 17.8 Å². The molecule has 0 aromatic carbocycles. The molecule has 3 unspecified atom stereocenters. The Balaban J connectivity index is 2.42. The topological polar surface area (TPSA) is 17.1 Å². The Bertz CT molecular complexity index is 133. The molecule has 1 nitrogen and oxygen atoms in total. The summed E-state index contributed by atoms with van der Waals surface area (Å²) in [7, 11) is 0. The van der Waals surface area contributed by atoms with E-state index in [1.54, 1.807) is 0 Å². The summed E-state index contributed by atoms with van der Waals surface area (Å²) in [6.07, 6.45) is 1.11. The van der Waals surface area contributed by atoms with Gasteiger partial charge in [-0.15, -0.1) is 0 Å². The van der Waals surface area contributed by atoms with Crippen molar-refractivity contribution in [3.63, 3.8) is 0 Å². The minimum absolute atomic E-state index is 0.346. The Morgan fingerprint density at radius 2 is 2.11 bits per heavy atom. The van der Waals surface area contributed by atoms with Crippen molar-refractivity contribution in [2.45, 2.75) is 20.3 Å². The average molecular weight is 238 g/mol. The lowest BCUT2D eigenvalue weighted by Gasteiger charge is -2.38. The first-order valence-corrected chi connectivity index (χ1v) is 4.40. The Kier molecular flexibility index (Phi) is 2.14. The Morgan fingerprint density at radius 3 is 2.22 bits per heavy atom. The van der Waals surface area contributed by atoms with E-state index in [2.05, 4.69) is 13.8 Å². The first-order chi connectivity index (χ1) is 4.13. The molecule has 9 heavy (non-hydrogen) atoms. The van der Waals surface area contributed by atoms with Crippen LogP contribution in [0.15, 0.2) is 0 Å². The number of carbonyl (C=O) groups is 1.